The molecule has 0 aliphatic rings. The molecule has 0 radical (unpaired) electrons. The second kappa shape index (κ2) is 3.09. The van der Waals surface area contributed by atoms with Crippen molar-refractivity contribution in [2.75, 3.05) is 0 Å². The van der Waals surface area contributed by atoms with E-state index in [9.17, 15) is 0 Å². The third-order valence-corrected chi connectivity index (χ3v) is 0.303. The van der Waals surface area contributed by atoms with Gasteiger partial charge in [-0.1, -0.05) is 12.4 Å². The van der Waals surface area contributed by atoms with E-state index in [4.69, 9.17) is 0 Å². The Kier molecular flexibility index (Phi) is 3.02. The predicted octanol–water partition coefficient (Wildman–Crippen LogP) is -0.569. The number of hydrogen-bond acceptors (Lipinski definition) is 2. The number of aromatic nitrogens is 3. The Morgan fingerprint density at radius 3 is 2.50 bits per heavy atom. The van der Waals surface area contributed by atoms with Crippen LogP contribution in [0.4, 0.5) is 0 Å². The summed E-state index contributed by atoms with van der Waals surface area (Å²) in [7, 11) is 0. The normalized spacial score (nSPS) is 6.67. The minimum Gasteiger partial charge on any atom is -0.359 e. The van der Waals surface area contributed by atoms with Crippen molar-refractivity contribution in [1.82, 2.24) is 15.4 Å². The zero-order valence-electron chi connectivity index (χ0n) is 2.80. The van der Waals surface area contributed by atoms with E-state index in [0.717, 1.165) is 0 Å². The van der Waals surface area contributed by atoms with Gasteiger partial charge in [0.25, 0.3) is 0 Å². The van der Waals surface area contributed by atoms with Gasteiger partial charge in [-0.2, -0.15) is 0 Å². The minimum atomic E-state index is 0. The number of nitrogens with zero attached hydrogens (tertiary/aromatic N) is 3. The Bertz CT molecular complexity index is 65.3. The Hall–Kier alpha value is -0.120. The fourth-order valence-corrected chi connectivity index (χ4v) is 0.149. The average Bonchev–Trinajstić information content (AvgIpc) is 1.76. The maximum absolute atomic E-state index is 3.36. The smallest absolute Gasteiger partial charge is 0.359 e. The van der Waals surface area contributed by atoms with Crippen molar-refractivity contribution < 1.29 is 22.4 Å². The van der Waals surface area contributed by atoms with E-state index in [-0.39, 0.29) is 22.4 Å². The van der Waals surface area contributed by atoms with Gasteiger partial charge in [0.1, 0.15) is 0 Å². The first-order valence-electron chi connectivity index (χ1n) is 1.25. The Labute approximate surface area is 50.7 Å². The Morgan fingerprint density at radius 2 is 2.33 bits per heavy atom. The largest absolute Gasteiger partial charge is 1.00 e. The van der Waals surface area contributed by atoms with Gasteiger partial charge in [0.05, 0.1) is 0 Å². The molecule has 4 heteroatoms. The molecule has 1 aromatic rings. The van der Waals surface area contributed by atoms with Crippen LogP contribution in [0.2, 0.25) is 0 Å². The van der Waals surface area contributed by atoms with Crippen molar-refractivity contribution in [3.05, 3.63) is 12.4 Å². The Morgan fingerprint density at radius 1 is 1.50 bits per heavy atom. The molecule has 3 nitrogen and oxygen atoms in total. The molecule has 0 saturated heterocycles. The first-order chi connectivity index (χ1) is 2.50. The van der Waals surface area contributed by atoms with Crippen molar-refractivity contribution in [3.63, 3.8) is 0 Å². The summed E-state index contributed by atoms with van der Waals surface area (Å²) in [6.45, 7) is 0. The number of hydrogen-bond donors (Lipinski definition) is 0. The van der Waals surface area contributed by atoms with Crippen molar-refractivity contribution in [3.8, 4) is 0 Å². The molecule has 0 fully saturated rings. The van der Waals surface area contributed by atoms with Crippen LogP contribution in [0.15, 0.2) is 12.4 Å². The fourth-order valence-electron chi connectivity index (χ4n) is 0.149. The van der Waals surface area contributed by atoms with Gasteiger partial charge in [-0.3, -0.25) is 5.21 Å². The maximum Gasteiger partial charge on any atom is 1.00 e. The van der Waals surface area contributed by atoms with Crippen molar-refractivity contribution in [2.45, 2.75) is 0 Å². The molecule has 36 valence electrons. The van der Waals surface area contributed by atoms with Crippen molar-refractivity contribution in [2.24, 2.45) is 0 Å². The molecular formula is C2H2AgN3. The summed E-state index contributed by atoms with van der Waals surface area (Å²) in [5.41, 5.74) is 0. The minimum absolute atomic E-state index is 0. The second-order valence-electron chi connectivity index (χ2n) is 0.619. The SMILES string of the molecule is [Ag+].c1c[n-]nn1. The van der Waals surface area contributed by atoms with Crippen LogP contribution in [0.25, 0.3) is 0 Å². The first-order valence-corrected chi connectivity index (χ1v) is 1.25. The summed E-state index contributed by atoms with van der Waals surface area (Å²) in [5, 5.41) is 9.94. The zero-order chi connectivity index (χ0) is 3.54. The average molecular weight is 176 g/mol. The second-order valence-corrected chi connectivity index (χ2v) is 0.619. The van der Waals surface area contributed by atoms with Crippen LogP contribution in [0, 0.1) is 0 Å². The molecule has 0 aromatic carbocycles. The summed E-state index contributed by atoms with van der Waals surface area (Å²) in [6.07, 6.45) is 3.06. The van der Waals surface area contributed by atoms with Crippen LogP contribution in [0.1, 0.15) is 0 Å². The first kappa shape index (κ1) is 5.88. The molecule has 0 atom stereocenters. The topological polar surface area (TPSA) is 39.9 Å². The third kappa shape index (κ3) is 1.35. The van der Waals surface area contributed by atoms with Crippen LogP contribution in [-0.2, 0) is 22.4 Å². The van der Waals surface area contributed by atoms with Crippen LogP contribution >= 0.6 is 0 Å². The molecule has 6 heavy (non-hydrogen) atoms. The third-order valence-electron chi connectivity index (χ3n) is 0.303. The molecule has 0 N–H and O–H groups in total. The van der Waals surface area contributed by atoms with E-state index in [1.807, 2.05) is 0 Å². The summed E-state index contributed by atoms with van der Waals surface area (Å²) >= 11 is 0. The summed E-state index contributed by atoms with van der Waals surface area (Å²) in [4.78, 5) is 0. The quantitative estimate of drug-likeness (QED) is 0.497. The standard InChI is InChI=1S/C2H2N3.Ag/c1-2-4-5-3-1;/h1-2H;/q-1;+1. The van der Waals surface area contributed by atoms with Gasteiger partial charge in [-0.25, -0.2) is 0 Å². The fraction of sp³-hybridized carbons (Fsp3) is 0. The zero-order valence-corrected chi connectivity index (χ0v) is 4.28. The van der Waals surface area contributed by atoms with E-state index in [1.54, 1.807) is 0 Å². The van der Waals surface area contributed by atoms with Gasteiger partial charge in [-0.05, 0) is 0 Å². The van der Waals surface area contributed by atoms with Crippen LogP contribution in [0.3, 0.4) is 0 Å². The molecule has 1 heterocycles. The van der Waals surface area contributed by atoms with Crippen LogP contribution in [-0.4, -0.2) is 10.3 Å². The van der Waals surface area contributed by atoms with Gasteiger partial charge < -0.3 is 10.2 Å². The molecule has 1 rings (SSSR count). The summed E-state index contributed by atoms with van der Waals surface area (Å²) in [5.74, 6) is 0. The molecule has 0 spiro atoms. The van der Waals surface area contributed by atoms with E-state index >= 15 is 0 Å². The van der Waals surface area contributed by atoms with Gasteiger partial charge >= 0.3 is 22.4 Å². The van der Waals surface area contributed by atoms with Gasteiger partial charge in [0.15, 0.2) is 0 Å². The van der Waals surface area contributed by atoms with E-state index in [0.29, 0.717) is 0 Å². The van der Waals surface area contributed by atoms with E-state index in [2.05, 4.69) is 15.4 Å². The van der Waals surface area contributed by atoms with Crippen molar-refractivity contribution in [1.29, 1.82) is 0 Å². The van der Waals surface area contributed by atoms with Crippen LogP contribution < -0.4 is 5.10 Å². The monoisotopic (exact) mass is 175 g/mol. The predicted molar refractivity (Wildman–Crippen MR) is 15.4 cm³/mol. The molecule has 1 aromatic heterocycles. The maximum atomic E-state index is 3.36. The van der Waals surface area contributed by atoms with Gasteiger partial charge in [0.2, 0.25) is 0 Å². The molecule has 0 aliphatic heterocycles. The summed E-state index contributed by atoms with van der Waals surface area (Å²) < 4.78 is 0. The number of rotatable bonds is 0. The molecule has 0 saturated carbocycles. The van der Waals surface area contributed by atoms with Crippen LogP contribution in [0.5, 0.6) is 0 Å². The van der Waals surface area contributed by atoms with Gasteiger partial charge in [0, 0.05) is 0 Å². The van der Waals surface area contributed by atoms with E-state index in [1.165, 1.54) is 12.4 Å². The molecule has 0 amide bonds. The molecule has 0 aliphatic carbocycles. The van der Waals surface area contributed by atoms with Gasteiger partial charge in [-0.15, -0.1) is 0 Å². The molecule has 0 bridgehead atoms. The van der Waals surface area contributed by atoms with E-state index < -0.39 is 0 Å². The Balaban J connectivity index is 0.000000250. The van der Waals surface area contributed by atoms with Crippen molar-refractivity contribution >= 4 is 0 Å². The molecule has 0 unspecified atom stereocenters. The molecular weight excluding hydrogens is 174 g/mol. The summed E-state index contributed by atoms with van der Waals surface area (Å²) in [6, 6.07) is 0.